The van der Waals surface area contributed by atoms with Crippen LogP contribution in [0, 0.1) is 0 Å². The molecule has 2 aliphatic heterocycles. The molecule has 0 saturated carbocycles. The quantitative estimate of drug-likeness (QED) is 0.682. The molecule has 1 aromatic heterocycles. The van der Waals surface area contributed by atoms with Crippen LogP contribution in [0.1, 0.15) is 28.5 Å². The zero-order valence-electron chi connectivity index (χ0n) is 17.6. The second-order valence-electron chi connectivity index (χ2n) is 7.99. The van der Waals surface area contributed by atoms with Gasteiger partial charge in [0.05, 0.1) is 11.1 Å². The van der Waals surface area contributed by atoms with Crippen molar-refractivity contribution in [3.8, 4) is 17.1 Å². The molecule has 7 heteroatoms. The van der Waals surface area contributed by atoms with Crippen LogP contribution >= 0.6 is 0 Å². The van der Waals surface area contributed by atoms with E-state index in [-0.39, 0.29) is 18.2 Å². The van der Waals surface area contributed by atoms with Crippen LogP contribution in [0.25, 0.3) is 11.3 Å². The van der Waals surface area contributed by atoms with Crippen molar-refractivity contribution in [2.45, 2.75) is 20.1 Å². The van der Waals surface area contributed by atoms with E-state index in [1.54, 1.807) is 0 Å². The molecule has 0 bridgehead atoms. The fourth-order valence-electron chi connectivity index (χ4n) is 4.17. The van der Waals surface area contributed by atoms with E-state index in [0.29, 0.717) is 11.3 Å². The van der Waals surface area contributed by atoms with Crippen LogP contribution in [0.2, 0.25) is 0 Å². The van der Waals surface area contributed by atoms with E-state index in [4.69, 9.17) is 9.26 Å². The third kappa shape index (κ3) is 4.06. The highest BCUT2D eigenvalue weighted by Crippen LogP contribution is 2.38. The summed E-state index contributed by atoms with van der Waals surface area (Å²) in [7, 11) is 0. The summed E-state index contributed by atoms with van der Waals surface area (Å²) in [6, 6.07) is 15.6. The van der Waals surface area contributed by atoms with Crippen LogP contribution in [0.3, 0.4) is 0 Å². The third-order valence-electron chi connectivity index (χ3n) is 6.04. The first kappa shape index (κ1) is 19.8. The van der Waals surface area contributed by atoms with E-state index in [0.717, 1.165) is 56.3 Å². The molecule has 7 nitrogen and oxygen atoms in total. The molecule has 1 amide bonds. The van der Waals surface area contributed by atoms with Gasteiger partial charge >= 0.3 is 0 Å². The number of aromatic nitrogens is 1. The van der Waals surface area contributed by atoms with E-state index >= 15 is 0 Å². The highest BCUT2D eigenvalue weighted by molar-refractivity contribution is 6.04. The van der Waals surface area contributed by atoms with Crippen molar-refractivity contribution < 1.29 is 14.1 Å². The van der Waals surface area contributed by atoms with Gasteiger partial charge in [-0.05, 0) is 36.4 Å². The molecule has 1 fully saturated rings. The lowest BCUT2D eigenvalue weighted by Crippen LogP contribution is -2.45. The third-order valence-corrected chi connectivity index (χ3v) is 6.04. The molecule has 1 N–H and O–H groups in total. The van der Waals surface area contributed by atoms with Crippen molar-refractivity contribution in [2.24, 2.45) is 0 Å². The van der Waals surface area contributed by atoms with Crippen molar-refractivity contribution in [3.63, 3.8) is 0 Å². The van der Waals surface area contributed by atoms with Crippen molar-refractivity contribution >= 4 is 11.6 Å². The Hall–Kier alpha value is -3.16. The lowest BCUT2D eigenvalue weighted by atomic mass is 10.0. The number of hydrogen-bond acceptors (Lipinski definition) is 6. The van der Waals surface area contributed by atoms with Crippen molar-refractivity contribution in [1.82, 2.24) is 15.0 Å². The molecule has 0 aliphatic carbocycles. The minimum atomic E-state index is -0.295. The van der Waals surface area contributed by atoms with Crippen molar-refractivity contribution in [3.05, 3.63) is 65.4 Å². The second kappa shape index (κ2) is 8.53. The number of rotatable bonds is 5. The molecule has 2 aromatic carbocycles. The normalized spacial score (nSPS) is 16.3. The Morgan fingerprint density at radius 3 is 2.55 bits per heavy atom. The van der Waals surface area contributed by atoms with Gasteiger partial charge in [-0.15, -0.1) is 0 Å². The summed E-state index contributed by atoms with van der Waals surface area (Å²) in [5.41, 5.74) is 3.74. The standard InChI is InChI=1S/C24H26N4O3/c1-2-27-11-13-28(14-12-27)15-17-7-9-18(10-8-17)25-24(29)22-20-16-30-21-6-4-3-5-19(21)23(20)31-26-22/h3-10H,2,11-16H2,1H3,(H,25,29). The van der Waals surface area contributed by atoms with Gasteiger partial charge in [0.25, 0.3) is 5.91 Å². The first-order chi connectivity index (χ1) is 15.2. The fourth-order valence-corrected chi connectivity index (χ4v) is 4.17. The summed E-state index contributed by atoms with van der Waals surface area (Å²) in [6.45, 7) is 8.96. The molecule has 0 spiro atoms. The average Bonchev–Trinajstić information content (AvgIpc) is 3.26. The summed E-state index contributed by atoms with van der Waals surface area (Å²) in [4.78, 5) is 17.8. The predicted molar refractivity (Wildman–Crippen MR) is 118 cm³/mol. The van der Waals surface area contributed by atoms with Crippen molar-refractivity contribution in [1.29, 1.82) is 0 Å². The number of para-hydroxylation sites is 1. The maximum Gasteiger partial charge on any atom is 0.278 e. The van der Waals surface area contributed by atoms with Crippen molar-refractivity contribution in [2.75, 3.05) is 38.0 Å². The summed E-state index contributed by atoms with van der Waals surface area (Å²) in [5.74, 6) is 1.05. The summed E-state index contributed by atoms with van der Waals surface area (Å²) < 4.78 is 11.3. The number of nitrogens with zero attached hydrogens (tertiary/aromatic N) is 3. The lowest BCUT2D eigenvalue weighted by Gasteiger charge is -2.34. The molecule has 0 unspecified atom stereocenters. The zero-order valence-corrected chi connectivity index (χ0v) is 17.6. The smallest absolute Gasteiger partial charge is 0.278 e. The van der Waals surface area contributed by atoms with Crippen LogP contribution in [0.4, 0.5) is 5.69 Å². The van der Waals surface area contributed by atoms with Gasteiger partial charge in [0.15, 0.2) is 11.5 Å². The van der Waals surface area contributed by atoms with Gasteiger partial charge in [0, 0.05) is 38.4 Å². The molecule has 5 rings (SSSR count). The van der Waals surface area contributed by atoms with Crippen LogP contribution in [-0.4, -0.2) is 53.6 Å². The van der Waals surface area contributed by atoms with Gasteiger partial charge in [0.1, 0.15) is 12.4 Å². The van der Waals surface area contributed by atoms with Crippen LogP contribution in [0.15, 0.2) is 53.1 Å². The molecular formula is C24H26N4O3. The van der Waals surface area contributed by atoms with E-state index < -0.39 is 0 Å². The van der Waals surface area contributed by atoms with Gasteiger partial charge in [0.2, 0.25) is 0 Å². The molecule has 0 radical (unpaired) electrons. The van der Waals surface area contributed by atoms with E-state index in [9.17, 15) is 4.79 Å². The molecule has 31 heavy (non-hydrogen) atoms. The van der Waals surface area contributed by atoms with E-state index in [1.165, 1.54) is 5.56 Å². The molecule has 160 valence electrons. The number of anilines is 1. The minimum absolute atomic E-state index is 0.266. The second-order valence-corrected chi connectivity index (χ2v) is 7.99. The maximum atomic E-state index is 12.8. The van der Waals surface area contributed by atoms with Gasteiger partial charge < -0.3 is 19.5 Å². The van der Waals surface area contributed by atoms with Gasteiger partial charge in [-0.2, -0.15) is 0 Å². The largest absolute Gasteiger partial charge is 0.488 e. The number of piperazine rings is 1. The number of carbonyl (C=O) groups excluding carboxylic acids is 1. The number of amides is 1. The molecule has 3 heterocycles. The van der Waals surface area contributed by atoms with Crippen LogP contribution < -0.4 is 10.1 Å². The average molecular weight is 418 g/mol. The maximum absolute atomic E-state index is 12.8. The predicted octanol–water partition coefficient (Wildman–Crippen LogP) is 3.62. The molecule has 2 aliphatic rings. The zero-order chi connectivity index (χ0) is 21.2. The summed E-state index contributed by atoms with van der Waals surface area (Å²) in [6.07, 6.45) is 0. The number of fused-ring (bicyclic) bond motifs is 3. The fraction of sp³-hybridized carbons (Fsp3) is 0.333. The number of ether oxygens (including phenoxy) is 1. The number of hydrogen-bond donors (Lipinski definition) is 1. The molecule has 1 saturated heterocycles. The first-order valence-electron chi connectivity index (χ1n) is 10.8. The van der Waals surface area contributed by atoms with Gasteiger partial charge in [-0.3, -0.25) is 9.69 Å². The highest BCUT2D eigenvalue weighted by atomic mass is 16.5. The summed E-state index contributed by atoms with van der Waals surface area (Å²) in [5, 5.41) is 6.95. The molecule has 3 aromatic rings. The Bertz CT molecular complexity index is 1070. The topological polar surface area (TPSA) is 70.8 Å². The van der Waals surface area contributed by atoms with Gasteiger partial charge in [-0.25, -0.2) is 0 Å². The Morgan fingerprint density at radius 1 is 1.03 bits per heavy atom. The molecule has 0 atom stereocenters. The SMILES string of the molecule is CCN1CCN(Cc2ccc(NC(=O)c3noc4c3COc3ccccc3-4)cc2)CC1. The summed E-state index contributed by atoms with van der Waals surface area (Å²) >= 11 is 0. The highest BCUT2D eigenvalue weighted by Gasteiger charge is 2.28. The number of nitrogens with one attached hydrogen (secondary N) is 1. The Morgan fingerprint density at radius 2 is 1.77 bits per heavy atom. The lowest BCUT2D eigenvalue weighted by molar-refractivity contribution is 0.101. The minimum Gasteiger partial charge on any atom is -0.488 e. The Kier molecular flexibility index (Phi) is 5.44. The Labute approximate surface area is 181 Å². The Balaban J connectivity index is 1.23. The number of likely N-dealkylation sites (N-methyl/N-ethyl adjacent to an activating group) is 1. The van der Waals surface area contributed by atoms with E-state index in [2.05, 4.69) is 39.3 Å². The molecular weight excluding hydrogens is 392 g/mol. The van der Waals surface area contributed by atoms with Crippen LogP contribution in [0.5, 0.6) is 5.75 Å². The van der Waals surface area contributed by atoms with Gasteiger partial charge in [-0.1, -0.05) is 36.3 Å². The number of carbonyl (C=O) groups is 1. The number of benzene rings is 2. The van der Waals surface area contributed by atoms with E-state index in [1.807, 2.05) is 36.4 Å². The van der Waals surface area contributed by atoms with Crippen LogP contribution in [-0.2, 0) is 13.2 Å². The monoisotopic (exact) mass is 418 g/mol. The first-order valence-corrected chi connectivity index (χ1v) is 10.8.